The monoisotopic (exact) mass is 486 g/mol. The summed E-state index contributed by atoms with van der Waals surface area (Å²) in [5.74, 6) is -0.684. The van der Waals surface area contributed by atoms with Crippen LogP contribution in [0.4, 0.5) is 5.69 Å². The maximum absolute atomic E-state index is 12.6. The summed E-state index contributed by atoms with van der Waals surface area (Å²) in [6.45, 7) is 0.869. The van der Waals surface area contributed by atoms with E-state index < -0.39 is 5.92 Å². The number of carbonyl (C=O) groups is 2. The summed E-state index contributed by atoms with van der Waals surface area (Å²) >= 11 is 4.95. The molecule has 0 radical (unpaired) electrons. The molecule has 1 fully saturated rings. The van der Waals surface area contributed by atoms with Gasteiger partial charge in [-0.15, -0.1) is 11.3 Å². The Labute approximate surface area is 185 Å². The molecule has 1 unspecified atom stereocenters. The van der Waals surface area contributed by atoms with Crippen LogP contribution in [0.3, 0.4) is 0 Å². The van der Waals surface area contributed by atoms with E-state index in [0.29, 0.717) is 6.54 Å². The highest BCUT2D eigenvalue weighted by Gasteiger charge is 2.35. The van der Waals surface area contributed by atoms with E-state index in [4.69, 9.17) is 0 Å². The van der Waals surface area contributed by atoms with Crippen LogP contribution >= 0.6 is 27.3 Å². The summed E-state index contributed by atoms with van der Waals surface area (Å²) in [4.78, 5) is 39.6. The van der Waals surface area contributed by atoms with E-state index in [9.17, 15) is 14.4 Å². The molecular weight excluding hydrogens is 468 g/mol. The van der Waals surface area contributed by atoms with Crippen molar-refractivity contribution in [2.75, 3.05) is 18.0 Å². The summed E-state index contributed by atoms with van der Waals surface area (Å²) in [6.07, 6.45) is 0.171. The van der Waals surface area contributed by atoms with Crippen molar-refractivity contribution in [1.29, 1.82) is 0 Å². The van der Waals surface area contributed by atoms with Crippen molar-refractivity contribution in [3.63, 3.8) is 0 Å². The van der Waals surface area contributed by atoms with Gasteiger partial charge in [-0.05, 0) is 35.7 Å². The third-order valence-corrected chi connectivity index (χ3v) is 6.26. The number of aromatic nitrogens is 2. The van der Waals surface area contributed by atoms with E-state index in [1.807, 2.05) is 41.8 Å². The molecule has 9 heteroatoms. The van der Waals surface area contributed by atoms with Crippen molar-refractivity contribution in [2.24, 2.45) is 5.92 Å². The Balaban J connectivity index is 1.35. The second kappa shape index (κ2) is 8.93. The molecule has 1 aliphatic heterocycles. The average Bonchev–Trinajstić information content (AvgIpc) is 3.39. The molecule has 1 aliphatic rings. The van der Waals surface area contributed by atoms with Gasteiger partial charge in [0.2, 0.25) is 11.8 Å². The predicted octanol–water partition coefficient (Wildman–Crippen LogP) is 2.90. The third-order valence-electron chi connectivity index (χ3n) is 4.88. The number of hydrogen-bond donors (Lipinski definition) is 1. The van der Waals surface area contributed by atoms with Crippen LogP contribution in [0.15, 0.2) is 63.2 Å². The van der Waals surface area contributed by atoms with Crippen LogP contribution in [0.1, 0.15) is 6.42 Å². The molecule has 4 rings (SSSR count). The third kappa shape index (κ3) is 4.52. The van der Waals surface area contributed by atoms with Crippen molar-refractivity contribution < 1.29 is 9.59 Å². The van der Waals surface area contributed by atoms with Gasteiger partial charge in [0.15, 0.2) is 0 Å². The largest absolute Gasteiger partial charge is 0.354 e. The zero-order valence-electron chi connectivity index (χ0n) is 16.0. The molecule has 2 aromatic heterocycles. The molecule has 1 aromatic carbocycles. The molecule has 7 nitrogen and oxygen atoms in total. The first-order valence-corrected chi connectivity index (χ1v) is 11.1. The van der Waals surface area contributed by atoms with E-state index in [1.165, 1.54) is 10.7 Å². The van der Waals surface area contributed by atoms with E-state index in [0.717, 1.165) is 20.7 Å². The molecule has 0 spiro atoms. The zero-order chi connectivity index (χ0) is 21.1. The van der Waals surface area contributed by atoms with Crippen LogP contribution in [0.5, 0.6) is 0 Å². The molecule has 3 heterocycles. The lowest BCUT2D eigenvalue weighted by molar-refractivity contribution is -0.126. The van der Waals surface area contributed by atoms with Gasteiger partial charge in [-0.3, -0.25) is 14.4 Å². The number of benzene rings is 1. The Kier molecular flexibility index (Phi) is 6.10. The van der Waals surface area contributed by atoms with Crippen molar-refractivity contribution in [1.82, 2.24) is 15.1 Å². The highest BCUT2D eigenvalue weighted by Crippen LogP contribution is 2.27. The van der Waals surface area contributed by atoms with Gasteiger partial charge in [0.05, 0.1) is 17.3 Å². The first-order chi connectivity index (χ1) is 14.5. The fourth-order valence-corrected chi connectivity index (χ4v) is 4.45. The smallest absolute Gasteiger partial charge is 0.266 e. The number of thiophene rings is 1. The lowest BCUT2D eigenvalue weighted by Gasteiger charge is -2.17. The Morgan fingerprint density at radius 2 is 2.07 bits per heavy atom. The Morgan fingerprint density at radius 3 is 2.83 bits per heavy atom. The van der Waals surface area contributed by atoms with Crippen molar-refractivity contribution in [3.05, 3.63) is 68.7 Å². The first kappa shape index (κ1) is 20.5. The lowest BCUT2D eigenvalue weighted by atomic mass is 10.1. The van der Waals surface area contributed by atoms with Crippen molar-refractivity contribution >= 4 is 44.8 Å². The molecule has 154 valence electrons. The number of carbonyl (C=O) groups excluding carboxylic acids is 2. The maximum atomic E-state index is 12.6. The van der Waals surface area contributed by atoms with E-state index in [2.05, 4.69) is 26.3 Å². The Morgan fingerprint density at radius 1 is 1.20 bits per heavy atom. The van der Waals surface area contributed by atoms with Crippen LogP contribution in [0.2, 0.25) is 0 Å². The number of rotatable bonds is 6. The molecule has 2 amide bonds. The average molecular weight is 487 g/mol. The topological polar surface area (TPSA) is 84.3 Å². The quantitative estimate of drug-likeness (QED) is 0.580. The summed E-state index contributed by atoms with van der Waals surface area (Å²) in [5, 5.41) is 9.16. The molecular formula is C21H19BrN4O3S. The number of amides is 2. The highest BCUT2D eigenvalue weighted by molar-refractivity contribution is 9.10. The van der Waals surface area contributed by atoms with Crippen LogP contribution in [-0.2, 0) is 16.1 Å². The summed E-state index contributed by atoms with van der Waals surface area (Å²) in [7, 11) is 0. The molecule has 1 atom stereocenters. The minimum Gasteiger partial charge on any atom is -0.354 e. The van der Waals surface area contributed by atoms with Gasteiger partial charge in [0.1, 0.15) is 5.69 Å². The van der Waals surface area contributed by atoms with Crippen LogP contribution in [0, 0.1) is 5.92 Å². The van der Waals surface area contributed by atoms with Gasteiger partial charge < -0.3 is 10.2 Å². The molecule has 3 aromatic rings. The molecule has 0 bridgehead atoms. The van der Waals surface area contributed by atoms with Gasteiger partial charge in [-0.2, -0.15) is 5.10 Å². The number of halogens is 1. The summed E-state index contributed by atoms with van der Waals surface area (Å²) in [5.41, 5.74) is 1.27. The lowest BCUT2D eigenvalue weighted by Crippen LogP contribution is -2.36. The van der Waals surface area contributed by atoms with E-state index >= 15 is 0 Å². The standard InChI is InChI=1S/C21H19BrN4O3S/c22-15-3-1-4-16(12-15)25-13-14(11-20(25)28)21(29)23-8-9-26-19(27)7-6-17(24-26)18-5-2-10-30-18/h1-7,10,12,14H,8-9,11,13H2,(H,23,29). The van der Waals surface area contributed by atoms with Gasteiger partial charge in [0.25, 0.3) is 5.56 Å². The number of nitrogens with one attached hydrogen (secondary N) is 1. The summed E-state index contributed by atoms with van der Waals surface area (Å²) < 4.78 is 2.23. The number of nitrogens with zero attached hydrogens (tertiary/aromatic N) is 3. The predicted molar refractivity (Wildman–Crippen MR) is 119 cm³/mol. The van der Waals surface area contributed by atoms with Crippen LogP contribution < -0.4 is 15.8 Å². The van der Waals surface area contributed by atoms with E-state index in [-0.39, 0.29) is 36.9 Å². The van der Waals surface area contributed by atoms with Gasteiger partial charge >= 0.3 is 0 Å². The zero-order valence-corrected chi connectivity index (χ0v) is 18.4. The summed E-state index contributed by atoms with van der Waals surface area (Å²) in [6, 6.07) is 14.5. The fraction of sp³-hybridized carbons (Fsp3) is 0.238. The van der Waals surface area contributed by atoms with Crippen molar-refractivity contribution in [3.8, 4) is 10.6 Å². The second-order valence-electron chi connectivity index (χ2n) is 6.93. The molecule has 1 N–H and O–H groups in total. The molecule has 0 aliphatic carbocycles. The molecule has 30 heavy (non-hydrogen) atoms. The molecule has 1 saturated heterocycles. The van der Waals surface area contributed by atoms with E-state index in [1.54, 1.807) is 22.3 Å². The van der Waals surface area contributed by atoms with Crippen molar-refractivity contribution in [2.45, 2.75) is 13.0 Å². The second-order valence-corrected chi connectivity index (χ2v) is 8.80. The minimum atomic E-state index is -0.418. The fourth-order valence-electron chi connectivity index (χ4n) is 3.37. The SMILES string of the molecule is O=C(NCCn1nc(-c2cccs2)ccc1=O)C1CC(=O)N(c2cccc(Br)c2)C1. The van der Waals surface area contributed by atoms with Crippen LogP contribution in [-0.4, -0.2) is 34.7 Å². The van der Waals surface area contributed by atoms with Gasteiger partial charge in [-0.1, -0.05) is 28.1 Å². The number of anilines is 1. The van der Waals surface area contributed by atoms with Gasteiger partial charge in [0, 0.05) is 35.7 Å². The highest BCUT2D eigenvalue weighted by atomic mass is 79.9. The molecule has 0 saturated carbocycles. The Bertz CT molecular complexity index is 1130. The first-order valence-electron chi connectivity index (χ1n) is 9.47. The van der Waals surface area contributed by atoms with Gasteiger partial charge in [-0.25, -0.2) is 4.68 Å². The minimum absolute atomic E-state index is 0.0743. The maximum Gasteiger partial charge on any atom is 0.266 e. The Hall–Kier alpha value is -2.78. The number of hydrogen-bond acceptors (Lipinski definition) is 5. The normalized spacial score (nSPS) is 16.1. The van der Waals surface area contributed by atoms with Crippen LogP contribution in [0.25, 0.3) is 10.6 Å².